The molecule has 0 radical (unpaired) electrons. The van der Waals surface area contributed by atoms with Gasteiger partial charge in [-0.05, 0) is 38.2 Å². The monoisotopic (exact) mass is 295 g/mol. The van der Waals surface area contributed by atoms with Crippen molar-refractivity contribution in [3.05, 3.63) is 29.6 Å². The molecule has 0 unspecified atom stereocenters. The van der Waals surface area contributed by atoms with Gasteiger partial charge in [-0.15, -0.1) is 0 Å². The first kappa shape index (κ1) is 18.0. The Hall–Kier alpha value is -1.09. The van der Waals surface area contributed by atoms with Crippen molar-refractivity contribution >= 4 is 0 Å². The number of rotatable bonds is 11. The fourth-order valence-electron chi connectivity index (χ4n) is 2.57. The lowest BCUT2D eigenvalue weighted by atomic mass is 10.1. The van der Waals surface area contributed by atoms with Gasteiger partial charge in [0.25, 0.3) is 0 Å². The standard InChI is InChI=1S/C18H30FNO/c1-3-4-5-6-7-8-9-10-13-20(2)15-16-14-17(19)11-12-18(16)21/h11-12,14,21H,3-10,13,15H2,1-2H3. The van der Waals surface area contributed by atoms with Gasteiger partial charge in [0.05, 0.1) is 0 Å². The van der Waals surface area contributed by atoms with Crippen molar-refractivity contribution in [2.45, 2.75) is 64.8 Å². The summed E-state index contributed by atoms with van der Waals surface area (Å²) >= 11 is 0. The third-order valence-electron chi connectivity index (χ3n) is 3.88. The lowest BCUT2D eigenvalue weighted by Gasteiger charge is -2.17. The van der Waals surface area contributed by atoms with Crippen LogP contribution in [0, 0.1) is 5.82 Å². The fourth-order valence-corrected chi connectivity index (χ4v) is 2.57. The molecule has 0 aliphatic rings. The normalized spacial score (nSPS) is 11.2. The van der Waals surface area contributed by atoms with E-state index in [1.165, 1.54) is 69.6 Å². The second-order valence-corrected chi connectivity index (χ2v) is 5.99. The topological polar surface area (TPSA) is 23.5 Å². The number of benzene rings is 1. The van der Waals surface area contributed by atoms with Crippen LogP contribution in [0.1, 0.15) is 63.9 Å². The van der Waals surface area contributed by atoms with Crippen molar-refractivity contribution < 1.29 is 9.50 Å². The van der Waals surface area contributed by atoms with Crippen LogP contribution < -0.4 is 0 Å². The maximum absolute atomic E-state index is 13.1. The number of hydrogen-bond acceptors (Lipinski definition) is 2. The molecule has 0 saturated heterocycles. The van der Waals surface area contributed by atoms with Gasteiger partial charge in [-0.1, -0.05) is 51.9 Å². The number of phenols is 1. The summed E-state index contributed by atoms with van der Waals surface area (Å²) in [5.41, 5.74) is 0.664. The summed E-state index contributed by atoms with van der Waals surface area (Å²) in [5, 5.41) is 9.70. The predicted molar refractivity (Wildman–Crippen MR) is 87.0 cm³/mol. The highest BCUT2D eigenvalue weighted by Crippen LogP contribution is 2.19. The molecule has 2 nitrogen and oxygen atoms in total. The molecule has 21 heavy (non-hydrogen) atoms. The molecule has 120 valence electrons. The number of unbranched alkanes of at least 4 members (excludes halogenated alkanes) is 7. The molecule has 3 heteroatoms. The minimum absolute atomic E-state index is 0.180. The van der Waals surface area contributed by atoms with Crippen molar-refractivity contribution in [1.82, 2.24) is 4.90 Å². The second-order valence-electron chi connectivity index (χ2n) is 5.99. The molecule has 1 rings (SSSR count). The number of halogens is 1. The smallest absolute Gasteiger partial charge is 0.123 e. The highest BCUT2D eigenvalue weighted by Gasteiger charge is 2.06. The number of hydrogen-bond donors (Lipinski definition) is 1. The molecule has 0 aliphatic carbocycles. The van der Waals surface area contributed by atoms with Gasteiger partial charge >= 0.3 is 0 Å². The highest BCUT2D eigenvalue weighted by atomic mass is 19.1. The van der Waals surface area contributed by atoms with E-state index in [-0.39, 0.29) is 11.6 Å². The van der Waals surface area contributed by atoms with E-state index in [4.69, 9.17) is 0 Å². The van der Waals surface area contributed by atoms with Crippen molar-refractivity contribution in [2.75, 3.05) is 13.6 Å². The van der Waals surface area contributed by atoms with Gasteiger partial charge in [-0.2, -0.15) is 0 Å². The van der Waals surface area contributed by atoms with Gasteiger partial charge in [0.1, 0.15) is 11.6 Å². The molecule has 0 spiro atoms. The summed E-state index contributed by atoms with van der Waals surface area (Å²) < 4.78 is 13.1. The highest BCUT2D eigenvalue weighted by molar-refractivity contribution is 5.32. The van der Waals surface area contributed by atoms with Crippen molar-refractivity contribution in [3.8, 4) is 5.75 Å². The third-order valence-corrected chi connectivity index (χ3v) is 3.88. The van der Waals surface area contributed by atoms with Gasteiger partial charge in [0.2, 0.25) is 0 Å². The van der Waals surface area contributed by atoms with Crippen LogP contribution in [0.3, 0.4) is 0 Å². The zero-order valence-corrected chi connectivity index (χ0v) is 13.6. The van der Waals surface area contributed by atoms with Gasteiger partial charge < -0.3 is 10.0 Å². The molecule has 0 saturated carbocycles. The first-order valence-electron chi connectivity index (χ1n) is 8.29. The number of phenolic OH excluding ortho intramolecular Hbond substituents is 1. The van der Waals surface area contributed by atoms with Crippen LogP contribution in [0.25, 0.3) is 0 Å². The maximum Gasteiger partial charge on any atom is 0.123 e. The van der Waals surface area contributed by atoms with Crippen molar-refractivity contribution in [1.29, 1.82) is 0 Å². The summed E-state index contributed by atoms with van der Waals surface area (Å²) in [6.45, 7) is 3.83. The lowest BCUT2D eigenvalue weighted by molar-refractivity contribution is 0.310. The molecule has 1 aromatic rings. The summed E-state index contributed by atoms with van der Waals surface area (Å²) in [5.74, 6) is -0.109. The molecule has 0 fully saturated rings. The Labute approximate surface area is 129 Å². The van der Waals surface area contributed by atoms with Crippen molar-refractivity contribution in [3.63, 3.8) is 0 Å². The molecule has 0 bridgehead atoms. The van der Waals surface area contributed by atoms with E-state index >= 15 is 0 Å². The summed E-state index contributed by atoms with van der Waals surface area (Å²) in [6.07, 6.45) is 10.5. The molecule has 0 aliphatic heterocycles. The van der Waals surface area contributed by atoms with Crippen LogP contribution in [0.5, 0.6) is 5.75 Å². The Morgan fingerprint density at radius 3 is 2.29 bits per heavy atom. The van der Waals surface area contributed by atoms with Gasteiger partial charge in [-0.3, -0.25) is 0 Å². The van der Waals surface area contributed by atoms with Crippen LogP contribution in [-0.4, -0.2) is 23.6 Å². The van der Waals surface area contributed by atoms with E-state index in [2.05, 4.69) is 11.8 Å². The lowest BCUT2D eigenvalue weighted by Crippen LogP contribution is -2.19. The van der Waals surface area contributed by atoms with E-state index in [1.807, 2.05) is 7.05 Å². The van der Waals surface area contributed by atoms with Crippen molar-refractivity contribution in [2.24, 2.45) is 0 Å². The third kappa shape index (κ3) is 8.05. The van der Waals surface area contributed by atoms with Crippen LogP contribution in [-0.2, 0) is 6.54 Å². The Morgan fingerprint density at radius 2 is 1.62 bits per heavy atom. The molecule has 1 N–H and O–H groups in total. The Bertz CT molecular complexity index is 395. The van der Waals surface area contributed by atoms with Crippen LogP contribution in [0.2, 0.25) is 0 Å². The first-order chi connectivity index (χ1) is 10.1. The molecular weight excluding hydrogens is 265 g/mol. The minimum atomic E-state index is -0.289. The summed E-state index contributed by atoms with van der Waals surface area (Å²) in [6, 6.07) is 4.13. The maximum atomic E-state index is 13.1. The van der Waals surface area contributed by atoms with Crippen LogP contribution in [0.15, 0.2) is 18.2 Å². The van der Waals surface area contributed by atoms with Crippen LogP contribution >= 0.6 is 0 Å². The molecule has 0 aromatic heterocycles. The fraction of sp³-hybridized carbons (Fsp3) is 0.667. The SMILES string of the molecule is CCCCCCCCCCN(C)Cc1cc(F)ccc1O. The predicted octanol–water partition coefficient (Wildman–Crippen LogP) is 5.10. The largest absolute Gasteiger partial charge is 0.508 e. The number of nitrogens with zero attached hydrogens (tertiary/aromatic N) is 1. The second kappa shape index (κ2) is 10.6. The van der Waals surface area contributed by atoms with E-state index in [9.17, 15) is 9.50 Å². The quantitative estimate of drug-likeness (QED) is 0.574. The zero-order chi connectivity index (χ0) is 15.5. The zero-order valence-electron chi connectivity index (χ0n) is 13.6. The Kier molecular flexibility index (Phi) is 9.07. The van der Waals surface area contributed by atoms with E-state index in [0.29, 0.717) is 12.1 Å². The van der Waals surface area contributed by atoms with Gasteiger partial charge in [0.15, 0.2) is 0 Å². The molecule has 1 aromatic carbocycles. The summed E-state index contributed by atoms with van der Waals surface area (Å²) in [7, 11) is 2.02. The number of aromatic hydroxyl groups is 1. The van der Waals surface area contributed by atoms with Gasteiger partial charge in [0, 0.05) is 12.1 Å². The minimum Gasteiger partial charge on any atom is -0.508 e. The molecule has 0 amide bonds. The first-order valence-corrected chi connectivity index (χ1v) is 8.29. The average Bonchev–Trinajstić information content (AvgIpc) is 2.46. The average molecular weight is 295 g/mol. The van der Waals surface area contributed by atoms with E-state index in [1.54, 1.807) is 0 Å². The Balaban J connectivity index is 2.11. The summed E-state index contributed by atoms with van der Waals surface area (Å²) in [4.78, 5) is 2.14. The van der Waals surface area contributed by atoms with E-state index in [0.717, 1.165) is 6.54 Å². The van der Waals surface area contributed by atoms with Gasteiger partial charge in [-0.25, -0.2) is 4.39 Å². The van der Waals surface area contributed by atoms with Crippen LogP contribution in [0.4, 0.5) is 4.39 Å². The molecule has 0 atom stereocenters. The molecule has 0 heterocycles. The molecular formula is C18H30FNO. The Morgan fingerprint density at radius 1 is 1.00 bits per heavy atom. The van der Waals surface area contributed by atoms with E-state index < -0.39 is 0 Å².